The zero-order valence-electron chi connectivity index (χ0n) is 10.9. The first-order valence-corrected chi connectivity index (χ1v) is 7.74. The fraction of sp³-hybridized carbons (Fsp3) is 0.615. The highest BCUT2D eigenvalue weighted by molar-refractivity contribution is 6.42. The molecule has 1 aromatic rings. The number of hydrogen-bond donors (Lipinski definition) is 1. The fourth-order valence-corrected chi connectivity index (χ4v) is 2.91. The van der Waals surface area contributed by atoms with Crippen LogP contribution in [0.3, 0.4) is 0 Å². The predicted molar refractivity (Wildman–Crippen MR) is 82.6 cm³/mol. The molecule has 0 spiro atoms. The molecule has 0 bridgehead atoms. The van der Waals surface area contributed by atoms with Gasteiger partial charge in [-0.3, -0.25) is 0 Å². The second-order valence-corrected chi connectivity index (χ2v) is 6.02. The number of rotatable bonds is 4. The van der Waals surface area contributed by atoms with E-state index in [-0.39, 0.29) is 5.15 Å². The maximum Gasteiger partial charge on any atom is 0.150 e. The second-order valence-electron chi connectivity index (χ2n) is 4.85. The van der Waals surface area contributed by atoms with Crippen LogP contribution in [0.2, 0.25) is 15.2 Å². The molecule has 1 N–H and O–H groups in total. The molecule has 0 atom stereocenters. The molecule has 0 amide bonds. The van der Waals surface area contributed by atoms with Gasteiger partial charge in [0.25, 0.3) is 0 Å². The SMILES string of the molecule is CCCN1CCC(Nc2nc(Cl)c(Cl)cc2Cl)CC1. The van der Waals surface area contributed by atoms with Crippen LogP contribution in [-0.2, 0) is 0 Å². The Hall–Kier alpha value is -0.220. The quantitative estimate of drug-likeness (QED) is 0.836. The zero-order valence-corrected chi connectivity index (χ0v) is 13.2. The van der Waals surface area contributed by atoms with Gasteiger partial charge in [0.2, 0.25) is 0 Å². The van der Waals surface area contributed by atoms with E-state index in [1.54, 1.807) is 6.07 Å². The van der Waals surface area contributed by atoms with Crippen molar-refractivity contribution in [1.82, 2.24) is 9.88 Å². The van der Waals surface area contributed by atoms with E-state index in [4.69, 9.17) is 34.8 Å². The van der Waals surface area contributed by atoms with Gasteiger partial charge in [0.05, 0.1) is 10.0 Å². The van der Waals surface area contributed by atoms with Gasteiger partial charge in [-0.1, -0.05) is 41.7 Å². The average molecular weight is 323 g/mol. The summed E-state index contributed by atoms with van der Waals surface area (Å²) < 4.78 is 0. The molecule has 0 aliphatic carbocycles. The third kappa shape index (κ3) is 4.12. The van der Waals surface area contributed by atoms with Crippen LogP contribution in [0.25, 0.3) is 0 Å². The van der Waals surface area contributed by atoms with Gasteiger partial charge in [-0.25, -0.2) is 4.98 Å². The minimum atomic E-state index is 0.289. The summed E-state index contributed by atoms with van der Waals surface area (Å²) in [6, 6.07) is 2.03. The lowest BCUT2D eigenvalue weighted by Crippen LogP contribution is -2.39. The standard InChI is InChI=1S/C13H18Cl3N3/c1-2-5-19-6-3-9(4-7-19)17-13-11(15)8-10(14)12(16)18-13/h8-9H,2-7H2,1H3,(H,17,18). The molecule has 2 rings (SSSR count). The summed E-state index contributed by atoms with van der Waals surface area (Å²) in [7, 11) is 0. The lowest BCUT2D eigenvalue weighted by molar-refractivity contribution is 0.219. The Balaban J connectivity index is 1.94. The van der Waals surface area contributed by atoms with Gasteiger partial charge >= 0.3 is 0 Å². The highest BCUT2D eigenvalue weighted by atomic mass is 35.5. The molecular formula is C13H18Cl3N3. The first kappa shape index (κ1) is 15.2. The Morgan fingerprint density at radius 3 is 2.58 bits per heavy atom. The van der Waals surface area contributed by atoms with Crippen molar-refractivity contribution in [3.8, 4) is 0 Å². The number of pyridine rings is 1. The van der Waals surface area contributed by atoms with Crippen molar-refractivity contribution in [1.29, 1.82) is 0 Å². The van der Waals surface area contributed by atoms with Crippen molar-refractivity contribution >= 4 is 40.6 Å². The lowest BCUT2D eigenvalue weighted by atomic mass is 10.0. The first-order valence-electron chi connectivity index (χ1n) is 6.60. The molecule has 1 aliphatic rings. The lowest BCUT2D eigenvalue weighted by Gasteiger charge is -2.32. The van der Waals surface area contributed by atoms with Gasteiger partial charge in [-0.15, -0.1) is 0 Å². The molecular weight excluding hydrogens is 305 g/mol. The van der Waals surface area contributed by atoms with Crippen LogP contribution in [0.1, 0.15) is 26.2 Å². The first-order chi connectivity index (χ1) is 9.10. The van der Waals surface area contributed by atoms with Gasteiger partial charge in [0.15, 0.2) is 0 Å². The van der Waals surface area contributed by atoms with Gasteiger partial charge in [-0.05, 0) is 31.9 Å². The topological polar surface area (TPSA) is 28.2 Å². The monoisotopic (exact) mass is 321 g/mol. The molecule has 0 saturated carbocycles. The van der Waals surface area contributed by atoms with Crippen LogP contribution in [-0.4, -0.2) is 35.6 Å². The second kappa shape index (κ2) is 6.98. The maximum absolute atomic E-state index is 6.12. The molecule has 6 heteroatoms. The predicted octanol–water partition coefficient (Wildman–Crippen LogP) is 4.33. The Morgan fingerprint density at radius 2 is 1.95 bits per heavy atom. The molecule has 19 heavy (non-hydrogen) atoms. The fourth-order valence-electron chi connectivity index (χ4n) is 2.36. The van der Waals surface area contributed by atoms with Crippen molar-refractivity contribution in [2.75, 3.05) is 25.0 Å². The van der Waals surface area contributed by atoms with Crippen molar-refractivity contribution in [3.63, 3.8) is 0 Å². The summed E-state index contributed by atoms with van der Waals surface area (Å²) in [4.78, 5) is 6.69. The minimum Gasteiger partial charge on any atom is -0.366 e. The number of nitrogens with one attached hydrogen (secondary N) is 1. The van der Waals surface area contributed by atoms with E-state index in [0.29, 0.717) is 21.9 Å². The van der Waals surface area contributed by atoms with E-state index in [0.717, 1.165) is 25.9 Å². The number of aromatic nitrogens is 1. The summed E-state index contributed by atoms with van der Waals surface area (Å²) in [6.45, 7) is 5.62. The van der Waals surface area contributed by atoms with E-state index in [9.17, 15) is 0 Å². The Kier molecular flexibility index (Phi) is 5.58. The number of nitrogens with zero attached hydrogens (tertiary/aromatic N) is 2. The van der Waals surface area contributed by atoms with E-state index >= 15 is 0 Å². The van der Waals surface area contributed by atoms with Crippen LogP contribution in [0.4, 0.5) is 5.82 Å². The summed E-state index contributed by atoms with van der Waals surface area (Å²) in [6.07, 6.45) is 3.40. The van der Waals surface area contributed by atoms with Gasteiger partial charge in [0.1, 0.15) is 11.0 Å². The normalized spacial score (nSPS) is 17.7. The smallest absolute Gasteiger partial charge is 0.150 e. The largest absolute Gasteiger partial charge is 0.366 e. The summed E-state index contributed by atoms with van der Waals surface area (Å²) in [5.74, 6) is 0.630. The van der Waals surface area contributed by atoms with E-state index in [1.807, 2.05) is 0 Å². The molecule has 1 aromatic heterocycles. The molecule has 2 heterocycles. The third-order valence-corrected chi connectivity index (χ3v) is 4.32. The Labute approximate surface area is 129 Å². The van der Waals surface area contributed by atoms with Crippen molar-refractivity contribution in [2.24, 2.45) is 0 Å². The van der Waals surface area contributed by atoms with E-state index in [2.05, 4.69) is 22.1 Å². The summed E-state index contributed by atoms with van der Waals surface area (Å²) >= 11 is 17.9. The molecule has 3 nitrogen and oxygen atoms in total. The molecule has 1 fully saturated rings. The molecule has 0 radical (unpaired) electrons. The van der Waals surface area contributed by atoms with Crippen LogP contribution in [0.15, 0.2) is 6.07 Å². The molecule has 1 saturated heterocycles. The van der Waals surface area contributed by atoms with E-state index < -0.39 is 0 Å². The van der Waals surface area contributed by atoms with Crippen molar-refractivity contribution in [3.05, 3.63) is 21.3 Å². The molecule has 0 unspecified atom stereocenters. The van der Waals surface area contributed by atoms with Gasteiger partial charge < -0.3 is 10.2 Å². The zero-order chi connectivity index (χ0) is 13.8. The number of anilines is 1. The molecule has 106 valence electrons. The van der Waals surface area contributed by atoms with E-state index in [1.165, 1.54) is 13.0 Å². The number of hydrogen-bond acceptors (Lipinski definition) is 3. The Morgan fingerprint density at radius 1 is 1.26 bits per heavy atom. The van der Waals surface area contributed by atoms with Crippen LogP contribution in [0, 0.1) is 0 Å². The third-order valence-electron chi connectivity index (χ3n) is 3.35. The number of likely N-dealkylation sites (tertiary alicyclic amines) is 1. The minimum absolute atomic E-state index is 0.289. The van der Waals surface area contributed by atoms with Gasteiger partial charge in [-0.2, -0.15) is 0 Å². The molecule has 0 aromatic carbocycles. The van der Waals surface area contributed by atoms with Crippen LogP contribution < -0.4 is 5.32 Å². The Bertz CT molecular complexity index is 431. The summed E-state index contributed by atoms with van der Waals surface area (Å²) in [5, 5.41) is 4.56. The highest BCUT2D eigenvalue weighted by Gasteiger charge is 2.20. The van der Waals surface area contributed by atoms with Gasteiger partial charge in [0, 0.05) is 19.1 Å². The maximum atomic E-state index is 6.12. The number of piperidine rings is 1. The molecule has 1 aliphatic heterocycles. The highest BCUT2D eigenvalue weighted by Crippen LogP contribution is 2.30. The van der Waals surface area contributed by atoms with Crippen LogP contribution in [0.5, 0.6) is 0 Å². The average Bonchev–Trinajstić information content (AvgIpc) is 2.38. The number of halogens is 3. The summed E-state index contributed by atoms with van der Waals surface area (Å²) in [5.41, 5.74) is 0. The van der Waals surface area contributed by atoms with Crippen molar-refractivity contribution in [2.45, 2.75) is 32.2 Å². The van der Waals surface area contributed by atoms with Crippen LogP contribution >= 0.6 is 34.8 Å². The van der Waals surface area contributed by atoms with Crippen molar-refractivity contribution < 1.29 is 0 Å².